The van der Waals surface area contributed by atoms with Crippen molar-refractivity contribution in [3.63, 3.8) is 0 Å². The number of nitrogens with one attached hydrogen (secondary N) is 2. The van der Waals surface area contributed by atoms with Crippen molar-refractivity contribution in [2.75, 3.05) is 39.7 Å². The lowest BCUT2D eigenvalue weighted by atomic mass is 9.98. The van der Waals surface area contributed by atoms with Crippen molar-refractivity contribution >= 4 is 11.6 Å². The summed E-state index contributed by atoms with van der Waals surface area (Å²) < 4.78 is 10.7. The van der Waals surface area contributed by atoms with E-state index < -0.39 is 0 Å². The SMILES string of the molecule is CN=C(NCc1ccccc1CN1CCC(C)CC1)Nc1ccc(OC)c(OC)c1. The van der Waals surface area contributed by atoms with Gasteiger partial charge >= 0.3 is 0 Å². The largest absolute Gasteiger partial charge is 0.493 e. The third-order valence-electron chi connectivity index (χ3n) is 5.70. The number of likely N-dealkylation sites (tertiary alicyclic amines) is 1. The minimum atomic E-state index is 0.680. The van der Waals surface area contributed by atoms with Gasteiger partial charge < -0.3 is 20.1 Å². The number of ether oxygens (including phenoxy) is 2. The number of guanidine groups is 1. The smallest absolute Gasteiger partial charge is 0.195 e. The first-order valence-electron chi connectivity index (χ1n) is 10.6. The second kappa shape index (κ2) is 10.9. The summed E-state index contributed by atoms with van der Waals surface area (Å²) in [4.78, 5) is 6.93. The molecule has 0 aliphatic carbocycles. The van der Waals surface area contributed by atoms with Crippen LogP contribution >= 0.6 is 0 Å². The van der Waals surface area contributed by atoms with E-state index in [1.807, 2.05) is 18.2 Å². The molecule has 2 aromatic rings. The zero-order chi connectivity index (χ0) is 21.3. The number of benzene rings is 2. The molecule has 1 aliphatic heterocycles. The number of rotatable bonds is 7. The lowest BCUT2D eigenvalue weighted by Crippen LogP contribution is -2.33. The summed E-state index contributed by atoms with van der Waals surface area (Å²) in [6.45, 7) is 6.45. The van der Waals surface area contributed by atoms with E-state index in [-0.39, 0.29) is 0 Å². The molecule has 0 radical (unpaired) electrons. The Bertz CT molecular complexity index is 845. The lowest BCUT2D eigenvalue weighted by molar-refractivity contribution is 0.185. The molecule has 0 aromatic heterocycles. The van der Waals surface area contributed by atoms with Gasteiger partial charge in [-0.2, -0.15) is 0 Å². The first-order valence-corrected chi connectivity index (χ1v) is 10.6. The van der Waals surface area contributed by atoms with Crippen molar-refractivity contribution in [3.8, 4) is 11.5 Å². The molecule has 0 bridgehead atoms. The third kappa shape index (κ3) is 5.89. The molecule has 2 N–H and O–H groups in total. The first kappa shape index (κ1) is 22.0. The van der Waals surface area contributed by atoms with Crippen LogP contribution in [-0.2, 0) is 13.1 Å². The normalized spacial score (nSPS) is 15.7. The Labute approximate surface area is 180 Å². The van der Waals surface area contributed by atoms with Gasteiger partial charge in [0.05, 0.1) is 14.2 Å². The number of hydrogen-bond acceptors (Lipinski definition) is 4. The highest BCUT2D eigenvalue weighted by atomic mass is 16.5. The van der Waals surface area contributed by atoms with E-state index in [9.17, 15) is 0 Å². The van der Waals surface area contributed by atoms with E-state index in [0.717, 1.165) is 18.2 Å². The van der Waals surface area contributed by atoms with Gasteiger partial charge in [0, 0.05) is 31.9 Å². The van der Waals surface area contributed by atoms with Gasteiger partial charge in [-0.15, -0.1) is 0 Å². The van der Waals surface area contributed by atoms with Gasteiger partial charge in [0.15, 0.2) is 17.5 Å². The summed E-state index contributed by atoms with van der Waals surface area (Å²) in [7, 11) is 5.04. The maximum Gasteiger partial charge on any atom is 0.195 e. The quantitative estimate of drug-likeness (QED) is 0.531. The van der Waals surface area contributed by atoms with E-state index >= 15 is 0 Å². The molecule has 0 spiro atoms. The Morgan fingerprint density at radius 2 is 1.73 bits per heavy atom. The monoisotopic (exact) mass is 410 g/mol. The van der Waals surface area contributed by atoms with Crippen LogP contribution in [0.4, 0.5) is 5.69 Å². The highest BCUT2D eigenvalue weighted by molar-refractivity contribution is 5.93. The summed E-state index contributed by atoms with van der Waals surface area (Å²) in [5, 5.41) is 6.76. The Hall–Kier alpha value is -2.73. The number of nitrogens with zero attached hydrogens (tertiary/aromatic N) is 2. The summed E-state index contributed by atoms with van der Waals surface area (Å²) in [5.41, 5.74) is 3.56. The fourth-order valence-electron chi connectivity index (χ4n) is 3.75. The van der Waals surface area contributed by atoms with Gasteiger partial charge in [0.25, 0.3) is 0 Å². The molecule has 6 heteroatoms. The predicted molar refractivity (Wildman–Crippen MR) is 123 cm³/mol. The maximum absolute atomic E-state index is 5.39. The van der Waals surface area contributed by atoms with Gasteiger partial charge in [-0.05, 0) is 55.1 Å². The Morgan fingerprint density at radius 3 is 2.40 bits per heavy atom. The van der Waals surface area contributed by atoms with Crippen LogP contribution in [0.15, 0.2) is 47.5 Å². The van der Waals surface area contributed by atoms with Crippen LogP contribution in [-0.4, -0.2) is 45.2 Å². The average Bonchev–Trinajstić information content (AvgIpc) is 2.78. The summed E-state index contributed by atoms with van der Waals surface area (Å²) in [6, 6.07) is 14.4. The van der Waals surface area contributed by atoms with Gasteiger partial charge in [-0.25, -0.2) is 0 Å². The van der Waals surface area contributed by atoms with Crippen molar-refractivity contribution in [1.29, 1.82) is 0 Å². The minimum Gasteiger partial charge on any atom is -0.493 e. The van der Waals surface area contributed by atoms with E-state index in [4.69, 9.17) is 9.47 Å². The molecule has 0 atom stereocenters. The van der Waals surface area contributed by atoms with Crippen LogP contribution in [0.2, 0.25) is 0 Å². The molecular formula is C24H34N4O2. The molecule has 3 rings (SSSR count). The highest BCUT2D eigenvalue weighted by Gasteiger charge is 2.16. The number of methoxy groups -OCH3 is 2. The van der Waals surface area contributed by atoms with E-state index in [0.29, 0.717) is 24.0 Å². The fourth-order valence-corrected chi connectivity index (χ4v) is 3.75. The van der Waals surface area contributed by atoms with Gasteiger partial charge in [0.2, 0.25) is 0 Å². The molecule has 6 nitrogen and oxygen atoms in total. The van der Waals surface area contributed by atoms with Crippen LogP contribution in [0.3, 0.4) is 0 Å². The molecule has 30 heavy (non-hydrogen) atoms. The standard InChI is InChI=1S/C24H34N4O2/c1-18-11-13-28(14-12-18)17-20-8-6-5-7-19(20)16-26-24(25-2)27-21-9-10-22(29-3)23(15-21)30-4/h5-10,15,18H,11-14,16-17H2,1-4H3,(H2,25,26,27). The Kier molecular flexibility index (Phi) is 7.97. The zero-order valence-corrected chi connectivity index (χ0v) is 18.6. The lowest BCUT2D eigenvalue weighted by Gasteiger charge is -2.30. The maximum atomic E-state index is 5.39. The van der Waals surface area contributed by atoms with E-state index in [1.54, 1.807) is 21.3 Å². The molecule has 0 saturated carbocycles. The highest BCUT2D eigenvalue weighted by Crippen LogP contribution is 2.29. The van der Waals surface area contributed by atoms with Gasteiger partial charge in [0.1, 0.15) is 0 Å². The predicted octanol–water partition coefficient (Wildman–Crippen LogP) is 4.12. The van der Waals surface area contributed by atoms with Gasteiger partial charge in [-0.3, -0.25) is 9.89 Å². The van der Waals surface area contributed by atoms with Crippen molar-refractivity contribution in [3.05, 3.63) is 53.6 Å². The molecule has 1 heterocycles. The van der Waals surface area contributed by atoms with Crippen LogP contribution in [0, 0.1) is 5.92 Å². The fraction of sp³-hybridized carbons (Fsp3) is 0.458. The van der Waals surface area contributed by atoms with Crippen molar-refractivity contribution in [2.24, 2.45) is 10.9 Å². The second-order valence-corrected chi connectivity index (χ2v) is 7.85. The third-order valence-corrected chi connectivity index (χ3v) is 5.70. The van der Waals surface area contributed by atoms with Crippen molar-refractivity contribution < 1.29 is 9.47 Å². The van der Waals surface area contributed by atoms with Crippen LogP contribution in [0.1, 0.15) is 30.9 Å². The number of aliphatic imine (C=N–C) groups is 1. The molecule has 1 fully saturated rings. The first-order chi connectivity index (χ1) is 14.6. The average molecular weight is 411 g/mol. The van der Waals surface area contributed by atoms with E-state index in [1.165, 1.54) is 37.1 Å². The molecule has 0 amide bonds. The van der Waals surface area contributed by atoms with Crippen molar-refractivity contribution in [2.45, 2.75) is 32.9 Å². The minimum absolute atomic E-state index is 0.680. The molecule has 2 aromatic carbocycles. The number of anilines is 1. The molecule has 1 saturated heterocycles. The molecular weight excluding hydrogens is 376 g/mol. The van der Waals surface area contributed by atoms with Gasteiger partial charge in [-0.1, -0.05) is 31.2 Å². The summed E-state index contributed by atoms with van der Waals surface area (Å²) >= 11 is 0. The van der Waals surface area contributed by atoms with Crippen molar-refractivity contribution in [1.82, 2.24) is 10.2 Å². The van der Waals surface area contributed by atoms with E-state index in [2.05, 4.69) is 51.7 Å². The summed E-state index contributed by atoms with van der Waals surface area (Å²) in [5.74, 6) is 2.94. The number of hydrogen-bond donors (Lipinski definition) is 2. The molecule has 1 aliphatic rings. The second-order valence-electron chi connectivity index (χ2n) is 7.85. The molecule has 162 valence electrons. The van der Waals surface area contributed by atoms with Crippen LogP contribution in [0.25, 0.3) is 0 Å². The Balaban J connectivity index is 1.61. The molecule has 0 unspecified atom stereocenters. The summed E-state index contributed by atoms with van der Waals surface area (Å²) in [6.07, 6.45) is 2.59. The number of piperidine rings is 1. The van der Waals surface area contributed by atoms with Crippen LogP contribution < -0.4 is 20.1 Å². The topological polar surface area (TPSA) is 58.1 Å². The Morgan fingerprint density at radius 1 is 1.03 bits per heavy atom. The zero-order valence-electron chi connectivity index (χ0n) is 18.6. The van der Waals surface area contributed by atoms with Crippen LogP contribution in [0.5, 0.6) is 11.5 Å².